The highest BCUT2D eigenvalue weighted by atomic mass is 32.2. The number of carbonyl (C=O) groups excluding carboxylic acids is 1. The first-order valence-corrected chi connectivity index (χ1v) is 7.39. The van der Waals surface area contributed by atoms with E-state index in [4.69, 9.17) is 5.73 Å². The number of hydrogen-bond acceptors (Lipinski definition) is 4. The fourth-order valence-corrected chi connectivity index (χ4v) is 3.56. The summed E-state index contributed by atoms with van der Waals surface area (Å²) in [5, 5.41) is 3.65. The van der Waals surface area contributed by atoms with Crippen LogP contribution in [0.25, 0.3) is 0 Å². The van der Waals surface area contributed by atoms with E-state index in [2.05, 4.69) is 17.2 Å². The fourth-order valence-electron chi connectivity index (χ4n) is 2.36. The number of anilines is 1. The molecular formula is C13H19N3OS. The van der Waals surface area contributed by atoms with Crippen molar-refractivity contribution >= 4 is 23.4 Å². The van der Waals surface area contributed by atoms with E-state index in [0.29, 0.717) is 16.5 Å². The summed E-state index contributed by atoms with van der Waals surface area (Å²) in [5.41, 5.74) is 6.72. The summed E-state index contributed by atoms with van der Waals surface area (Å²) in [4.78, 5) is 16.0. The predicted octanol–water partition coefficient (Wildman–Crippen LogP) is 2.07. The Hall–Kier alpha value is -1.23. The lowest BCUT2D eigenvalue weighted by Crippen LogP contribution is -2.39. The van der Waals surface area contributed by atoms with E-state index in [-0.39, 0.29) is 11.9 Å². The maximum absolute atomic E-state index is 12.1. The molecule has 1 aliphatic rings. The van der Waals surface area contributed by atoms with E-state index >= 15 is 0 Å². The third kappa shape index (κ3) is 2.96. The first kappa shape index (κ1) is 13.2. The van der Waals surface area contributed by atoms with Crippen LogP contribution < -0.4 is 11.1 Å². The third-order valence-electron chi connectivity index (χ3n) is 3.25. The van der Waals surface area contributed by atoms with Crippen molar-refractivity contribution < 1.29 is 4.79 Å². The summed E-state index contributed by atoms with van der Waals surface area (Å²) in [6, 6.07) is 1.94. The van der Waals surface area contributed by atoms with E-state index in [1.807, 2.05) is 11.8 Å². The Morgan fingerprint density at radius 1 is 1.61 bits per heavy atom. The summed E-state index contributed by atoms with van der Waals surface area (Å²) < 4.78 is 0. The lowest BCUT2D eigenvalue weighted by atomic mass is 10.2. The minimum atomic E-state index is -0.0801. The van der Waals surface area contributed by atoms with Crippen molar-refractivity contribution in [2.45, 2.75) is 37.5 Å². The molecule has 0 aliphatic heterocycles. The van der Waals surface area contributed by atoms with Crippen molar-refractivity contribution in [3.63, 3.8) is 0 Å². The van der Waals surface area contributed by atoms with Crippen LogP contribution in [0.2, 0.25) is 0 Å². The summed E-state index contributed by atoms with van der Waals surface area (Å²) in [6.45, 7) is 2.16. The zero-order chi connectivity index (χ0) is 13.0. The second-order valence-electron chi connectivity index (χ2n) is 4.47. The monoisotopic (exact) mass is 265 g/mol. The van der Waals surface area contributed by atoms with Crippen molar-refractivity contribution in [1.82, 2.24) is 10.3 Å². The number of aromatic nitrogens is 1. The van der Waals surface area contributed by atoms with Gasteiger partial charge in [-0.15, -0.1) is 0 Å². The summed E-state index contributed by atoms with van der Waals surface area (Å²) >= 11 is 1.93. The van der Waals surface area contributed by atoms with E-state index < -0.39 is 0 Å². The van der Waals surface area contributed by atoms with Gasteiger partial charge in [0.1, 0.15) is 0 Å². The molecule has 0 radical (unpaired) electrons. The van der Waals surface area contributed by atoms with E-state index in [0.717, 1.165) is 12.2 Å². The van der Waals surface area contributed by atoms with Crippen LogP contribution in [-0.4, -0.2) is 27.9 Å². The van der Waals surface area contributed by atoms with Crippen molar-refractivity contribution in [1.29, 1.82) is 0 Å². The van der Waals surface area contributed by atoms with Gasteiger partial charge in [-0.05, 0) is 24.7 Å². The Labute approximate surface area is 112 Å². The lowest BCUT2D eigenvalue weighted by molar-refractivity contribution is 0.0939. The van der Waals surface area contributed by atoms with Crippen LogP contribution in [0.15, 0.2) is 18.5 Å². The Kier molecular flexibility index (Phi) is 4.47. The van der Waals surface area contributed by atoms with Gasteiger partial charge in [-0.2, -0.15) is 11.8 Å². The highest BCUT2D eigenvalue weighted by Gasteiger charge is 2.28. The molecule has 1 amide bonds. The van der Waals surface area contributed by atoms with Crippen LogP contribution in [0, 0.1) is 0 Å². The van der Waals surface area contributed by atoms with Crippen LogP contribution in [0.5, 0.6) is 0 Å². The van der Waals surface area contributed by atoms with Crippen LogP contribution in [0.3, 0.4) is 0 Å². The van der Waals surface area contributed by atoms with Gasteiger partial charge in [0, 0.05) is 17.5 Å². The number of thioether (sulfide) groups is 1. The lowest BCUT2D eigenvalue weighted by Gasteiger charge is -2.20. The van der Waals surface area contributed by atoms with Gasteiger partial charge in [-0.3, -0.25) is 9.78 Å². The van der Waals surface area contributed by atoms with Crippen LogP contribution in [-0.2, 0) is 0 Å². The summed E-state index contributed by atoms with van der Waals surface area (Å²) in [5.74, 6) is 1.01. The van der Waals surface area contributed by atoms with Crippen LogP contribution >= 0.6 is 11.8 Å². The molecule has 18 heavy (non-hydrogen) atoms. The van der Waals surface area contributed by atoms with Crippen molar-refractivity contribution in [2.75, 3.05) is 11.5 Å². The second-order valence-corrected chi connectivity index (χ2v) is 5.98. The first-order valence-electron chi connectivity index (χ1n) is 6.34. The quantitative estimate of drug-likeness (QED) is 0.874. The average Bonchev–Trinajstić information content (AvgIpc) is 2.78. The van der Waals surface area contributed by atoms with Gasteiger partial charge in [0.2, 0.25) is 0 Å². The molecule has 0 spiro atoms. The number of nitrogen functional groups attached to an aromatic ring is 1. The molecule has 2 atom stereocenters. The van der Waals surface area contributed by atoms with Crippen molar-refractivity contribution in [3.05, 3.63) is 24.0 Å². The molecule has 4 nitrogen and oxygen atoms in total. The van der Waals surface area contributed by atoms with E-state index in [9.17, 15) is 4.79 Å². The Morgan fingerprint density at radius 2 is 2.44 bits per heavy atom. The maximum Gasteiger partial charge on any atom is 0.253 e. The van der Waals surface area contributed by atoms with E-state index in [1.54, 1.807) is 12.3 Å². The summed E-state index contributed by atoms with van der Waals surface area (Å²) in [6.07, 6.45) is 6.55. The predicted molar refractivity (Wildman–Crippen MR) is 75.7 cm³/mol. The van der Waals surface area contributed by atoms with E-state index in [1.165, 1.54) is 19.0 Å². The van der Waals surface area contributed by atoms with Gasteiger partial charge in [0.25, 0.3) is 5.91 Å². The van der Waals surface area contributed by atoms with Gasteiger partial charge in [-0.25, -0.2) is 0 Å². The molecule has 1 saturated carbocycles. The first-order chi connectivity index (χ1) is 8.72. The zero-order valence-corrected chi connectivity index (χ0v) is 11.4. The van der Waals surface area contributed by atoms with Crippen molar-refractivity contribution in [2.24, 2.45) is 0 Å². The van der Waals surface area contributed by atoms with Crippen molar-refractivity contribution in [3.8, 4) is 0 Å². The minimum Gasteiger partial charge on any atom is -0.397 e. The molecule has 2 unspecified atom stereocenters. The zero-order valence-electron chi connectivity index (χ0n) is 10.6. The molecule has 2 rings (SSSR count). The van der Waals surface area contributed by atoms with Crippen LogP contribution in [0.1, 0.15) is 36.5 Å². The largest absolute Gasteiger partial charge is 0.397 e. The number of rotatable bonds is 4. The number of pyridine rings is 1. The standard InChI is InChI=1S/C13H19N3OS/c1-2-18-12-5-3-4-11(12)16-13(17)9-6-7-15-8-10(9)14/h6-8,11-12H,2-5,14H2,1H3,(H,16,17). The Balaban J connectivity index is 2.01. The number of hydrogen-bond donors (Lipinski definition) is 2. The normalized spacial score (nSPS) is 22.9. The maximum atomic E-state index is 12.1. The third-order valence-corrected chi connectivity index (χ3v) is 4.57. The molecule has 1 fully saturated rings. The molecule has 1 aromatic heterocycles. The SMILES string of the molecule is CCSC1CCCC1NC(=O)c1ccncc1N. The molecule has 0 aromatic carbocycles. The number of nitrogens with two attached hydrogens (primary N) is 1. The van der Waals surface area contributed by atoms with Crippen LogP contribution in [0.4, 0.5) is 5.69 Å². The smallest absolute Gasteiger partial charge is 0.253 e. The minimum absolute atomic E-state index is 0.0801. The topological polar surface area (TPSA) is 68.0 Å². The molecule has 1 heterocycles. The molecule has 0 saturated heterocycles. The average molecular weight is 265 g/mol. The fraction of sp³-hybridized carbons (Fsp3) is 0.538. The van der Waals surface area contributed by atoms with Gasteiger partial charge in [0.15, 0.2) is 0 Å². The van der Waals surface area contributed by atoms with Gasteiger partial charge < -0.3 is 11.1 Å². The second kappa shape index (κ2) is 6.09. The molecule has 98 valence electrons. The Morgan fingerprint density at radius 3 is 3.17 bits per heavy atom. The molecule has 3 N–H and O–H groups in total. The number of nitrogens with one attached hydrogen (secondary N) is 1. The Bertz CT molecular complexity index is 424. The van der Waals surface area contributed by atoms with Gasteiger partial charge in [-0.1, -0.05) is 13.3 Å². The summed E-state index contributed by atoms with van der Waals surface area (Å²) in [7, 11) is 0. The number of amides is 1. The molecule has 1 aliphatic carbocycles. The molecular weight excluding hydrogens is 246 g/mol. The molecule has 1 aromatic rings. The number of carbonyl (C=O) groups is 1. The molecule has 5 heteroatoms. The highest BCUT2D eigenvalue weighted by molar-refractivity contribution is 7.99. The van der Waals surface area contributed by atoms with Gasteiger partial charge >= 0.3 is 0 Å². The molecule has 0 bridgehead atoms. The highest BCUT2D eigenvalue weighted by Crippen LogP contribution is 2.30. The van der Waals surface area contributed by atoms with Gasteiger partial charge in [0.05, 0.1) is 17.4 Å². The number of nitrogens with zero attached hydrogens (tertiary/aromatic N) is 1.